The van der Waals surface area contributed by atoms with Gasteiger partial charge in [0.15, 0.2) is 0 Å². The fourth-order valence-corrected chi connectivity index (χ4v) is 9.86. The van der Waals surface area contributed by atoms with Crippen molar-refractivity contribution in [3.63, 3.8) is 0 Å². The molecule has 4 bridgehead atoms. The van der Waals surface area contributed by atoms with Crippen LogP contribution in [0.25, 0.3) is 0 Å². The third kappa shape index (κ3) is 7.64. The second kappa shape index (κ2) is 14.1. The van der Waals surface area contributed by atoms with Crippen molar-refractivity contribution < 1.29 is 18.0 Å². The minimum Gasteiger partial charge on any atom is -0.354 e. The van der Waals surface area contributed by atoms with Crippen molar-refractivity contribution in [1.82, 2.24) is 10.2 Å². The number of sulfonamides is 1. The molecule has 4 fully saturated rings. The van der Waals surface area contributed by atoms with Gasteiger partial charge in [-0.05, 0) is 109 Å². The summed E-state index contributed by atoms with van der Waals surface area (Å²) in [7, 11) is -3.83. The summed E-state index contributed by atoms with van der Waals surface area (Å²) in [4.78, 5) is 30.0. The highest BCUT2D eigenvalue weighted by atomic mass is 32.2. The molecule has 0 aromatic heterocycles. The van der Waals surface area contributed by atoms with Gasteiger partial charge in [0.05, 0.1) is 11.9 Å². The largest absolute Gasteiger partial charge is 0.354 e. The Bertz CT molecular complexity index is 1670. The number of nitrogens with zero attached hydrogens (tertiary/aromatic N) is 2. The lowest BCUT2D eigenvalue weighted by molar-refractivity contribution is -0.140. The van der Waals surface area contributed by atoms with Crippen LogP contribution in [0.2, 0.25) is 0 Å². The van der Waals surface area contributed by atoms with Crippen LogP contribution in [-0.2, 0) is 38.0 Å². The smallest absolute Gasteiger partial charge is 0.244 e. The van der Waals surface area contributed by atoms with E-state index in [1.807, 2.05) is 87.5 Å². The van der Waals surface area contributed by atoms with E-state index in [9.17, 15) is 18.0 Å². The highest BCUT2D eigenvalue weighted by Crippen LogP contribution is 2.60. The second-order valence-corrected chi connectivity index (χ2v) is 17.2. The number of nitrogens with one attached hydrogen (secondary N) is 1. The van der Waals surface area contributed by atoms with Gasteiger partial charge in [-0.2, -0.15) is 0 Å². The summed E-state index contributed by atoms with van der Waals surface area (Å²) < 4.78 is 27.9. The molecule has 7 nitrogen and oxygen atoms in total. The molecule has 4 saturated carbocycles. The average molecular weight is 670 g/mol. The number of rotatable bonds is 13. The van der Waals surface area contributed by atoms with Gasteiger partial charge < -0.3 is 10.2 Å². The zero-order chi connectivity index (χ0) is 34.1. The Balaban J connectivity index is 1.31. The van der Waals surface area contributed by atoms with E-state index in [0.717, 1.165) is 40.7 Å². The highest BCUT2D eigenvalue weighted by molar-refractivity contribution is 7.92. The molecule has 7 rings (SSSR count). The molecule has 0 spiro atoms. The molecule has 4 aliphatic rings. The summed E-state index contributed by atoms with van der Waals surface area (Å²) in [5, 5.41) is 3.05. The fourth-order valence-electron chi connectivity index (χ4n) is 9.01. The molecule has 1 N–H and O–H groups in total. The van der Waals surface area contributed by atoms with E-state index in [1.165, 1.54) is 48.4 Å². The summed E-state index contributed by atoms with van der Waals surface area (Å²) in [6.07, 6.45) is 9.21. The van der Waals surface area contributed by atoms with Crippen LogP contribution in [-0.4, -0.2) is 50.5 Å². The highest BCUT2D eigenvalue weighted by Gasteiger charge is 2.51. The molecule has 0 radical (unpaired) electrons. The van der Waals surface area contributed by atoms with Crippen LogP contribution in [0.15, 0.2) is 78.9 Å². The number of carbonyl (C=O) groups is 2. The molecule has 48 heavy (non-hydrogen) atoms. The van der Waals surface area contributed by atoms with Crippen molar-refractivity contribution in [3.05, 3.63) is 101 Å². The van der Waals surface area contributed by atoms with Crippen molar-refractivity contribution in [2.24, 2.45) is 23.7 Å². The van der Waals surface area contributed by atoms with Gasteiger partial charge >= 0.3 is 0 Å². The summed E-state index contributed by atoms with van der Waals surface area (Å²) in [5.41, 5.74) is 4.79. The molecular formula is C40H51N3O4S. The molecule has 256 valence electrons. The van der Waals surface area contributed by atoms with Crippen LogP contribution in [0.3, 0.4) is 0 Å². The number of anilines is 1. The molecular weight excluding hydrogens is 619 g/mol. The van der Waals surface area contributed by atoms with E-state index >= 15 is 0 Å². The predicted octanol–water partition coefficient (Wildman–Crippen LogP) is 6.64. The maximum absolute atomic E-state index is 14.5. The average Bonchev–Trinajstić information content (AvgIpc) is 3.04. The van der Waals surface area contributed by atoms with Crippen molar-refractivity contribution in [1.29, 1.82) is 0 Å². The summed E-state index contributed by atoms with van der Waals surface area (Å²) in [5.74, 6) is 1.98. The minimum absolute atomic E-state index is 0.181. The van der Waals surface area contributed by atoms with Gasteiger partial charge in [-0.25, -0.2) is 8.42 Å². The van der Waals surface area contributed by atoms with Crippen LogP contribution >= 0.6 is 0 Å². The first-order chi connectivity index (χ1) is 22.9. The first kappa shape index (κ1) is 34.2. The molecule has 0 heterocycles. The Morgan fingerprint density at radius 2 is 1.44 bits per heavy atom. The predicted molar refractivity (Wildman–Crippen MR) is 192 cm³/mol. The number of benzene rings is 3. The molecule has 0 aliphatic heterocycles. The number of aryl methyl sites for hydroxylation is 1. The molecule has 3 aromatic rings. The number of hydrogen-bond donors (Lipinski definition) is 1. The normalized spacial score (nSPS) is 23.6. The molecule has 8 heteroatoms. The Morgan fingerprint density at radius 1 is 0.854 bits per heavy atom. The molecule has 2 amide bonds. The Morgan fingerprint density at radius 3 is 2.00 bits per heavy atom. The lowest BCUT2D eigenvalue weighted by Crippen LogP contribution is -2.53. The topological polar surface area (TPSA) is 86.8 Å². The lowest BCUT2D eigenvalue weighted by atomic mass is 9.48. The zero-order valence-electron chi connectivity index (χ0n) is 28.9. The number of hydrogen-bond acceptors (Lipinski definition) is 4. The minimum atomic E-state index is -3.83. The van der Waals surface area contributed by atoms with Crippen LogP contribution < -0.4 is 9.62 Å². The molecule has 0 saturated heterocycles. The van der Waals surface area contributed by atoms with E-state index in [0.29, 0.717) is 18.7 Å². The standard InChI is InChI=1S/C40H51N3O4S/c1-28(2)25-41-39(45)37(21-30-11-6-5-7-12-30)42(26-34-13-9-8-10-29(34)3)38(44)27-43(48(4,46)47)36-16-14-35(15-17-36)40-22-31-18-32(23-40)20-33(19-31)24-40/h5-17,28,31-33,37H,18-27H2,1-4H3,(H,41,45)/t31?,32?,33?,37-,40?/m0/s1. The van der Waals surface area contributed by atoms with E-state index in [1.54, 1.807) is 4.90 Å². The van der Waals surface area contributed by atoms with Crippen molar-refractivity contribution in [3.8, 4) is 0 Å². The third-order valence-corrected chi connectivity index (χ3v) is 12.2. The first-order valence-corrected chi connectivity index (χ1v) is 19.5. The zero-order valence-corrected chi connectivity index (χ0v) is 29.7. The van der Waals surface area contributed by atoms with Gasteiger partial charge in [0.2, 0.25) is 21.8 Å². The van der Waals surface area contributed by atoms with Gasteiger partial charge in [-0.15, -0.1) is 0 Å². The van der Waals surface area contributed by atoms with Crippen molar-refractivity contribution in [2.45, 2.75) is 83.7 Å². The number of amides is 2. The van der Waals surface area contributed by atoms with E-state index in [2.05, 4.69) is 17.4 Å². The van der Waals surface area contributed by atoms with Crippen molar-refractivity contribution >= 4 is 27.5 Å². The maximum Gasteiger partial charge on any atom is 0.244 e. The fraction of sp³-hybridized carbons (Fsp3) is 0.500. The quantitative estimate of drug-likeness (QED) is 0.221. The Kier molecular flexibility index (Phi) is 10.0. The van der Waals surface area contributed by atoms with E-state index in [4.69, 9.17) is 0 Å². The maximum atomic E-state index is 14.5. The molecule has 1 atom stereocenters. The van der Waals surface area contributed by atoms with Crippen LogP contribution in [0.1, 0.15) is 74.6 Å². The summed E-state index contributed by atoms with van der Waals surface area (Å²) in [6, 6.07) is 24.6. The molecule has 3 aromatic carbocycles. The van der Waals surface area contributed by atoms with Crippen LogP contribution in [0, 0.1) is 30.6 Å². The first-order valence-electron chi connectivity index (χ1n) is 17.6. The molecule has 0 unspecified atom stereocenters. The molecule has 4 aliphatic carbocycles. The van der Waals surface area contributed by atoms with Crippen molar-refractivity contribution in [2.75, 3.05) is 23.7 Å². The van der Waals surface area contributed by atoms with E-state index in [-0.39, 0.29) is 23.8 Å². The second-order valence-electron chi connectivity index (χ2n) is 15.3. The van der Waals surface area contributed by atoms with Gasteiger partial charge in [0.1, 0.15) is 12.6 Å². The van der Waals surface area contributed by atoms with Crippen LogP contribution in [0.4, 0.5) is 5.69 Å². The van der Waals surface area contributed by atoms with Gasteiger partial charge in [0.25, 0.3) is 0 Å². The summed E-state index contributed by atoms with van der Waals surface area (Å²) >= 11 is 0. The summed E-state index contributed by atoms with van der Waals surface area (Å²) in [6.45, 7) is 6.30. The number of carbonyl (C=O) groups excluding carboxylic acids is 2. The van der Waals surface area contributed by atoms with E-state index < -0.39 is 28.5 Å². The Hall–Kier alpha value is -3.65. The SMILES string of the molecule is Cc1ccccc1CN(C(=O)CN(c1ccc(C23CC4CC(CC(C4)C2)C3)cc1)S(C)(=O)=O)[C@@H](Cc1ccccc1)C(=O)NCC(C)C. The monoisotopic (exact) mass is 669 g/mol. The van der Waals surface area contributed by atoms with Crippen LogP contribution in [0.5, 0.6) is 0 Å². The van der Waals surface area contributed by atoms with Gasteiger partial charge in [-0.3, -0.25) is 13.9 Å². The lowest BCUT2D eigenvalue weighted by Gasteiger charge is -2.57. The van der Waals surface area contributed by atoms with Gasteiger partial charge in [0, 0.05) is 19.5 Å². The third-order valence-electron chi connectivity index (χ3n) is 11.0. The Labute approximate surface area is 287 Å². The van der Waals surface area contributed by atoms with Gasteiger partial charge in [-0.1, -0.05) is 80.6 Å².